The van der Waals surface area contributed by atoms with E-state index in [0.717, 1.165) is 5.56 Å². The number of amides is 3. The molecule has 0 bridgehead atoms. The van der Waals surface area contributed by atoms with Gasteiger partial charge in [-0.2, -0.15) is 0 Å². The summed E-state index contributed by atoms with van der Waals surface area (Å²) in [5.74, 6) is 0.659. The Bertz CT molecular complexity index is 937. The molecule has 3 amide bonds. The fourth-order valence-corrected chi connectivity index (χ4v) is 3.42. The van der Waals surface area contributed by atoms with Crippen molar-refractivity contribution < 1.29 is 28.6 Å². The lowest BCUT2D eigenvalue weighted by Gasteiger charge is -2.16. The van der Waals surface area contributed by atoms with Gasteiger partial charge in [0.1, 0.15) is 0 Å². The van der Waals surface area contributed by atoms with Crippen LogP contribution < -0.4 is 19.5 Å². The van der Waals surface area contributed by atoms with Gasteiger partial charge in [0.2, 0.25) is 11.7 Å². The molecule has 3 rings (SSSR count). The molecule has 2 aromatic carbocycles. The first-order valence-corrected chi connectivity index (χ1v) is 9.51. The van der Waals surface area contributed by atoms with Crippen LogP contribution in [0.25, 0.3) is 0 Å². The number of methoxy groups -OCH3 is 3. The maximum Gasteiger partial charge on any atom is 0.261 e. The van der Waals surface area contributed by atoms with Crippen LogP contribution in [0.1, 0.15) is 39.1 Å². The average molecular weight is 412 g/mol. The third kappa shape index (κ3) is 4.07. The quantitative estimate of drug-likeness (QED) is 0.636. The third-order valence-corrected chi connectivity index (χ3v) is 4.93. The zero-order valence-corrected chi connectivity index (χ0v) is 17.2. The Balaban J connectivity index is 1.53. The largest absolute Gasteiger partial charge is 0.493 e. The van der Waals surface area contributed by atoms with Crippen molar-refractivity contribution in [1.29, 1.82) is 0 Å². The van der Waals surface area contributed by atoms with Crippen molar-refractivity contribution in [2.24, 2.45) is 0 Å². The van der Waals surface area contributed by atoms with Gasteiger partial charge >= 0.3 is 0 Å². The van der Waals surface area contributed by atoms with Crippen LogP contribution in [0.15, 0.2) is 36.4 Å². The minimum atomic E-state index is -0.314. The number of carbonyl (C=O) groups is 3. The Morgan fingerprint density at radius 3 is 2.10 bits per heavy atom. The number of ether oxygens (including phenoxy) is 3. The standard InChI is InChI=1S/C22H24N2O6/c1-28-17-11-10-14(19(29-2)20(17)30-3)13-23-18(25)9-6-12-24-21(26)15-7-4-5-8-16(15)22(24)27/h4-5,7-8,10-11H,6,9,12-13H2,1-3H3,(H,23,25). The maximum absolute atomic E-state index is 12.3. The van der Waals surface area contributed by atoms with Crippen LogP contribution >= 0.6 is 0 Å². The summed E-state index contributed by atoms with van der Waals surface area (Å²) >= 11 is 0. The highest BCUT2D eigenvalue weighted by molar-refractivity contribution is 6.21. The molecule has 8 heteroatoms. The molecule has 1 aliphatic rings. The molecule has 0 spiro atoms. The van der Waals surface area contributed by atoms with E-state index < -0.39 is 0 Å². The van der Waals surface area contributed by atoms with Crippen LogP contribution in [0.4, 0.5) is 0 Å². The molecule has 0 aromatic heterocycles. The molecule has 0 saturated carbocycles. The Morgan fingerprint density at radius 2 is 1.53 bits per heavy atom. The second-order valence-corrected chi connectivity index (χ2v) is 6.68. The number of imide groups is 1. The van der Waals surface area contributed by atoms with Crippen molar-refractivity contribution in [1.82, 2.24) is 10.2 Å². The number of hydrogen-bond donors (Lipinski definition) is 1. The summed E-state index contributed by atoms with van der Waals surface area (Å²) in [5, 5.41) is 2.82. The first-order chi connectivity index (χ1) is 14.5. The van der Waals surface area contributed by atoms with E-state index in [2.05, 4.69) is 5.32 Å². The summed E-state index contributed by atoms with van der Waals surface area (Å²) in [4.78, 5) is 38.1. The van der Waals surface area contributed by atoms with Crippen molar-refractivity contribution >= 4 is 17.7 Å². The summed E-state index contributed by atoms with van der Waals surface area (Å²) in [6, 6.07) is 10.3. The molecule has 8 nitrogen and oxygen atoms in total. The van der Waals surface area contributed by atoms with E-state index >= 15 is 0 Å². The van der Waals surface area contributed by atoms with Gasteiger partial charge in [-0.05, 0) is 30.7 Å². The predicted octanol–water partition coefficient (Wildman–Crippen LogP) is 2.41. The zero-order chi connectivity index (χ0) is 21.7. The van der Waals surface area contributed by atoms with Gasteiger partial charge in [-0.15, -0.1) is 0 Å². The lowest BCUT2D eigenvalue weighted by Crippen LogP contribution is -2.32. The number of carbonyl (C=O) groups excluding carboxylic acids is 3. The minimum Gasteiger partial charge on any atom is -0.493 e. The smallest absolute Gasteiger partial charge is 0.261 e. The molecule has 0 unspecified atom stereocenters. The van der Waals surface area contributed by atoms with Gasteiger partial charge in [0, 0.05) is 25.1 Å². The molecule has 158 valence electrons. The number of hydrogen-bond acceptors (Lipinski definition) is 6. The fourth-order valence-electron chi connectivity index (χ4n) is 3.42. The van der Waals surface area contributed by atoms with E-state index in [4.69, 9.17) is 14.2 Å². The van der Waals surface area contributed by atoms with E-state index in [-0.39, 0.29) is 37.2 Å². The Morgan fingerprint density at radius 1 is 0.900 bits per heavy atom. The Hall–Kier alpha value is -3.55. The summed E-state index contributed by atoms with van der Waals surface area (Å²) in [6.45, 7) is 0.439. The normalized spacial score (nSPS) is 12.6. The minimum absolute atomic E-state index is 0.184. The molecular weight excluding hydrogens is 388 g/mol. The molecule has 1 aliphatic heterocycles. The van der Waals surface area contributed by atoms with E-state index in [1.165, 1.54) is 26.2 Å². The van der Waals surface area contributed by atoms with Crippen LogP contribution in [0.2, 0.25) is 0 Å². The van der Waals surface area contributed by atoms with Crippen LogP contribution in [-0.2, 0) is 11.3 Å². The highest BCUT2D eigenvalue weighted by atomic mass is 16.5. The highest BCUT2D eigenvalue weighted by Crippen LogP contribution is 2.39. The maximum atomic E-state index is 12.3. The van der Waals surface area contributed by atoms with Crippen LogP contribution in [0.3, 0.4) is 0 Å². The van der Waals surface area contributed by atoms with Crippen molar-refractivity contribution in [3.63, 3.8) is 0 Å². The Kier molecular flexibility index (Phi) is 6.56. The summed E-state index contributed by atoms with van der Waals surface area (Å²) < 4.78 is 16.0. The van der Waals surface area contributed by atoms with Gasteiger partial charge in [0.05, 0.1) is 32.5 Å². The van der Waals surface area contributed by atoms with Crippen molar-refractivity contribution in [3.05, 3.63) is 53.1 Å². The molecule has 0 radical (unpaired) electrons. The van der Waals surface area contributed by atoms with Gasteiger partial charge in [0.25, 0.3) is 11.8 Å². The van der Waals surface area contributed by atoms with E-state index in [1.54, 1.807) is 36.4 Å². The van der Waals surface area contributed by atoms with E-state index in [9.17, 15) is 14.4 Å². The van der Waals surface area contributed by atoms with Crippen LogP contribution in [-0.4, -0.2) is 50.5 Å². The monoisotopic (exact) mass is 412 g/mol. The number of nitrogens with one attached hydrogen (secondary N) is 1. The molecule has 30 heavy (non-hydrogen) atoms. The molecule has 1 N–H and O–H groups in total. The highest BCUT2D eigenvalue weighted by Gasteiger charge is 2.34. The van der Waals surface area contributed by atoms with Crippen molar-refractivity contribution in [3.8, 4) is 17.2 Å². The van der Waals surface area contributed by atoms with Crippen LogP contribution in [0.5, 0.6) is 17.2 Å². The second kappa shape index (κ2) is 9.30. The van der Waals surface area contributed by atoms with Crippen molar-refractivity contribution in [2.75, 3.05) is 27.9 Å². The molecule has 0 atom stereocenters. The summed E-state index contributed by atoms with van der Waals surface area (Å²) in [6.07, 6.45) is 0.559. The van der Waals surface area contributed by atoms with Gasteiger partial charge < -0.3 is 19.5 Å². The lowest BCUT2D eigenvalue weighted by atomic mass is 10.1. The van der Waals surface area contributed by atoms with Crippen molar-refractivity contribution in [2.45, 2.75) is 19.4 Å². The zero-order valence-electron chi connectivity index (χ0n) is 17.2. The molecule has 1 heterocycles. The molecule has 0 fully saturated rings. The van der Waals surface area contributed by atoms with Gasteiger partial charge in [-0.1, -0.05) is 12.1 Å². The molecule has 2 aromatic rings. The molecular formula is C22H24N2O6. The Labute approximate surface area is 174 Å². The SMILES string of the molecule is COc1ccc(CNC(=O)CCCN2C(=O)c3ccccc3C2=O)c(OC)c1OC. The average Bonchev–Trinajstić information content (AvgIpc) is 3.01. The second-order valence-electron chi connectivity index (χ2n) is 6.68. The topological polar surface area (TPSA) is 94.2 Å². The van der Waals surface area contributed by atoms with Gasteiger partial charge in [0.15, 0.2) is 11.5 Å². The third-order valence-electron chi connectivity index (χ3n) is 4.93. The first kappa shape index (κ1) is 21.2. The van der Waals surface area contributed by atoms with Crippen LogP contribution in [0, 0.1) is 0 Å². The number of fused-ring (bicyclic) bond motifs is 1. The lowest BCUT2D eigenvalue weighted by molar-refractivity contribution is -0.121. The van der Waals surface area contributed by atoms with E-state index in [1.807, 2.05) is 0 Å². The number of benzene rings is 2. The number of rotatable bonds is 9. The summed E-state index contributed by atoms with van der Waals surface area (Å²) in [5.41, 5.74) is 1.56. The molecule has 0 aliphatic carbocycles. The van der Waals surface area contributed by atoms with E-state index in [0.29, 0.717) is 34.8 Å². The fraction of sp³-hybridized carbons (Fsp3) is 0.318. The molecule has 0 saturated heterocycles. The summed E-state index contributed by atoms with van der Waals surface area (Å²) in [7, 11) is 4.57. The van der Waals surface area contributed by atoms with Gasteiger partial charge in [-0.3, -0.25) is 19.3 Å². The van der Waals surface area contributed by atoms with Gasteiger partial charge in [-0.25, -0.2) is 0 Å². The predicted molar refractivity (Wildman–Crippen MR) is 109 cm³/mol. The number of nitrogens with zero attached hydrogens (tertiary/aromatic N) is 1. The first-order valence-electron chi connectivity index (χ1n) is 9.51.